The van der Waals surface area contributed by atoms with Crippen molar-refractivity contribution in [3.63, 3.8) is 0 Å². The molecule has 3 heteroatoms. The largest absolute Gasteiger partial charge is 0.311 e. The molecular formula is C15H27N3. The van der Waals surface area contributed by atoms with Crippen LogP contribution in [0.2, 0.25) is 0 Å². The minimum absolute atomic E-state index is 0.522. The Bertz CT molecular complexity index is 350. The summed E-state index contributed by atoms with van der Waals surface area (Å²) in [5.74, 6) is 0. The van der Waals surface area contributed by atoms with Gasteiger partial charge in [-0.25, -0.2) is 0 Å². The third kappa shape index (κ3) is 3.58. The van der Waals surface area contributed by atoms with Gasteiger partial charge in [0.25, 0.3) is 0 Å². The normalized spacial score (nSPS) is 19.0. The summed E-state index contributed by atoms with van der Waals surface area (Å²) in [4.78, 5) is 0. The quantitative estimate of drug-likeness (QED) is 0.838. The van der Waals surface area contributed by atoms with Gasteiger partial charge < -0.3 is 5.32 Å². The second kappa shape index (κ2) is 6.37. The highest BCUT2D eigenvalue weighted by Crippen LogP contribution is 2.34. The van der Waals surface area contributed by atoms with E-state index < -0.39 is 0 Å². The molecule has 18 heavy (non-hydrogen) atoms. The molecule has 1 heterocycles. The van der Waals surface area contributed by atoms with E-state index in [2.05, 4.69) is 35.0 Å². The Kier molecular flexibility index (Phi) is 4.81. The fourth-order valence-corrected chi connectivity index (χ4v) is 3.00. The van der Waals surface area contributed by atoms with Crippen molar-refractivity contribution in [2.45, 2.75) is 65.5 Å². The van der Waals surface area contributed by atoms with Crippen molar-refractivity contribution in [2.24, 2.45) is 5.41 Å². The molecule has 0 bridgehead atoms. The number of nitrogens with one attached hydrogen (secondary N) is 1. The molecule has 3 nitrogen and oxygen atoms in total. The Morgan fingerprint density at radius 2 is 2.11 bits per heavy atom. The summed E-state index contributed by atoms with van der Waals surface area (Å²) >= 11 is 0. The highest BCUT2D eigenvalue weighted by Gasteiger charge is 2.26. The minimum atomic E-state index is 0.522. The van der Waals surface area contributed by atoms with Crippen molar-refractivity contribution in [2.75, 3.05) is 6.54 Å². The lowest BCUT2D eigenvalue weighted by Crippen LogP contribution is -2.33. The number of nitrogens with zero attached hydrogens (tertiary/aromatic N) is 2. The van der Waals surface area contributed by atoms with E-state index >= 15 is 0 Å². The summed E-state index contributed by atoms with van der Waals surface area (Å²) in [6.45, 7) is 7.76. The van der Waals surface area contributed by atoms with Crippen molar-refractivity contribution in [3.8, 4) is 0 Å². The second-order valence-electron chi connectivity index (χ2n) is 6.02. The van der Waals surface area contributed by atoms with E-state index in [9.17, 15) is 0 Å². The van der Waals surface area contributed by atoms with Gasteiger partial charge in [0.05, 0.1) is 5.69 Å². The van der Waals surface area contributed by atoms with Crippen LogP contribution in [-0.2, 0) is 13.1 Å². The molecular weight excluding hydrogens is 222 g/mol. The molecule has 1 aliphatic carbocycles. The van der Waals surface area contributed by atoms with Crippen LogP contribution in [0.1, 0.15) is 58.1 Å². The molecule has 1 aromatic heterocycles. The monoisotopic (exact) mass is 249 g/mol. The fourth-order valence-electron chi connectivity index (χ4n) is 3.00. The van der Waals surface area contributed by atoms with E-state index in [0.29, 0.717) is 5.41 Å². The number of aryl methyl sites for hydroxylation is 1. The summed E-state index contributed by atoms with van der Waals surface area (Å²) in [5.41, 5.74) is 1.84. The van der Waals surface area contributed by atoms with Crippen LogP contribution in [0.25, 0.3) is 0 Å². The maximum atomic E-state index is 4.37. The average molecular weight is 249 g/mol. The van der Waals surface area contributed by atoms with E-state index in [-0.39, 0.29) is 0 Å². The van der Waals surface area contributed by atoms with Gasteiger partial charge in [0.15, 0.2) is 0 Å². The fraction of sp³-hybridized carbons (Fsp3) is 0.800. The SMILES string of the molecule is CCCn1nccc1CNCC1(C)CCCCC1. The number of aromatic nitrogens is 2. The van der Waals surface area contributed by atoms with Gasteiger partial charge in [-0.15, -0.1) is 0 Å². The maximum Gasteiger partial charge on any atom is 0.0522 e. The van der Waals surface area contributed by atoms with E-state index in [1.807, 2.05) is 6.20 Å². The van der Waals surface area contributed by atoms with Crippen LogP contribution in [0.4, 0.5) is 0 Å². The van der Waals surface area contributed by atoms with Crippen LogP contribution in [0, 0.1) is 5.41 Å². The van der Waals surface area contributed by atoms with Crippen molar-refractivity contribution >= 4 is 0 Å². The van der Waals surface area contributed by atoms with Gasteiger partial charge in [0.2, 0.25) is 0 Å². The molecule has 0 unspecified atom stereocenters. The Balaban J connectivity index is 1.78. The molecule has 2 rings (SSSR count). The number of rotatable bonds is 6. The van der Waals surface area contributed by atoms with E-state index in [1.165, 1.54) is 37.8 Å². The Morgan fingerprint density at radius 3 is 2.83 bits per heavy atom. The molecule has 1 N–H and O–H groups in total. The zero-order valence-corrected chi connectivity index (χ0v) is 11.9. The van der Waals surface area contributed by atoms with Gasteiger partial charge in [0.1, 0.15) is 0 Å². The molecule has 102 valence electrons. The summed E-state index contributed by atoms with van der Waals surface area (Å²) in [6, 6.07) is 2.13. The zero-order chi connectivity index (χ0) is 12.8. The van der Waals surface area contributed by atoms with Crippen LogP contribution in [0.3, 0.4) is 0 Å². The first-order valence-corrected chi connectivity index (χ1v) is 7.45. The lowest BCUT2D eigenvalue weighted by molar-refractivity contribution is 0.207. The smallest absolute Gasteiger partial charge is 0.0522 e. The molecule has 0 radical (unpaired) electrons. The average Bonchev–Trinajstić information content (AvgIpc) is 2.78. The number of hydrogen-bond acceptors (Lipinski definition) is 2. The van der Waals surface area contributed by atoms with E-state index in [0.717, 1.165) is 26.1 Å². The third-order valence-corrected chi connectivity index (χ3v) is 4.16. The van der Waals surface area contributed by atoms with Crippen molar-refractivity contribution < 1.29 is 0 Å². The molecule has 0 aliphatic heterocycles. The molecule has 1 aliphatic rings. The van der Waals surface area contributed by atoms with Gasteiger partial charge >= 0.3 is 0 Å². The van der Waals surface area contributed by atoms with E-state index in [4.69, 9.17) is 0 Å². The molecule has 0 amide bonds. The van der Waals surface area contributed by atoms with E-state index in [1.54, 1.807) is 0 Å². The highest BCUT2D eigenvalue weighted by molar-refractivity contribution is 5.00. The van der Waals surface area contributed by atoms with Gasteiger partial charge in [-0.1, -0.05) is 33.1 Å². The summed E-state index contributed by atoms with van der Waals surface area (Å²) in [6.07, 6.45) is 10.1. The summed E-state index contributed by atoms with van der Waals surface area (Å²) in [7, 11) is 0. The zero-order valence-electron chi connectivity index (χ0n) is 11.9. The van der Waals surface area contributed by atoms with Crippen molar-refractivity contribution in [3.05, 3.63) is 18.0 Å². The summed E-state index contributed by atoms with van der Waals surface area (Å²) < 4.78 is 2.12. The molecule has 0 atom stereocenters. The molecule has 0 saturated heterocycles. The van der Waals surface area contributed by atoms with Crippen LogP contribution in [0.5, 0.6) is 0 Å². The lowest BCUT2D eigenvalue weighted by Gasteiger charge is -2.33. The van der Waals surface area contributed by atoms with Crippen molar-refractivity contribution in [1.82, 2.24) is 15.1 Å². The molecule has 0 spiro atoms. The first-order valence-electron chi connectivity index (χ1n) is 7.45. The molecule has 1 aromatic rings. The van der Waals surface area contributed by atoms with Gasteiger partial charge in [-0.05, 0) is 30.7 Å². The Hall–Kier alpha value is -0.830. The van der Waals surface area contributed by atoms with Gasteiger partial charge in [0, 0.05) is 25.8 Å². The Morgan fingerprint density at radius 1 is 1.33 bits per heavy atom. The van der Waals surface area contributed by atoms with Crippen molar-refractivity contribution in [1.29, 1.82) is 0 Å². The third-order valence-electron chi connectivity index (χ3n) is 4.16. The predicted octanol–water partition coefficient (Wildman–Crippen LogP) is 3.35. The first-order chi connectivity index (χ1) is 8.73. The molecule has 0 aromatic carbocycles. The minimum Gasteiger partial charge on any atom is -0.311 e. The van der Waals surface area contributed by atoms with Crippen LogP contribution in [0.15, 0.2) is 12.3 Å². The topological polar surface area (TPSA) is 29.9 Å². The predicted molar refractivity (Wildman–Crippen MR) is 75.4 cm³/mol. The second-order valence-corrected chi connectivity index (χ2v) is 6.02. The molecule has 1 saturated carbocycles. The molecule has 1 fully saturated rings. The van der Waals surface area contributed by atoms with Crippen LogP contribution < -0.4 is 5.32 Å². The maximum absolute atomic E-state index is 4.37. The van der Waals surface area contributed by atoms with Gasteiger partial charge in [-0.3, -0.25) is 4.68 Å². The number of hydrogen-bond donors (Lipinski definition) is 1. The summed E-state index contributed by atoms with van der Waals surface area (Å²) in [5, 5.41) is 8.00. The standard InChI is InChI=1S/C15H27N3/c1-3-11-18-14(7-10-17-18)12-16-13-15(2)8-5-4-6-9-15/h7,10,16H,3-6,8-9,11-13H2,1-2H3. The lowest BCUT2D eigenvalue weighted by atomic mass is 9.76. The highest BCUT2D eigenvalue weighted by atomic mass is 15.3. The van der Waals surface area contributed by atoms with Crippen LogP contribution >= 0.6 is 0 Å². The Labute approximate surface area is 111 Å². The van der Waals surface area contributed by atoms with Gasteiger partial charge in [-0.2, -0.15) is 5.10 Å². The first kappa shape index (κ1) is 13.6. The van der Waals surface area contributed by atoms with Crippen LogP contribution in [-0.4, -0.2) is 16.3 Å².